The number of esters is 1. The lowest BCUT2D eigenvalue weighted by Crippen LogP contribution is -2.43. The quantitative estimate of drug-likeness (QED) is 0.631. The molecule has 0 saturated heterocycles. The van der Waals surface area contributed by atoms with Crippen LogP contribution >= 0.6 is 0 Å². The first-order valence-corrected chi connectivity index (χ1v) is 7.62. The lowest BCUT2D eigenvalue weighted by Gasteiger charge is -2.17. The molecule has 1 N–H and O–H groups in total. The fourth-order valence-corrected chi connectivity index (χ4v) is 2.36. The standard InChI is InChI=1S/C18H14F5NO3/c1-27-17(26)14(9-10-4-2-5-11(8-10)18(21,22)23)24-16(25)12-6-3-7-13(19)15(12)20/h2-8,14H,9H2,1H3,(H,24,25)/t14-/m0/s1. The van der Waals surface area contributed by atoms with Gasteiger partial charge in [0.05, 0.1) is 18.2 Å². The number of benzene rings is 2. The Hall–Kier alpha value is -2.97. The van der Waals surface area contributed by atoms with Gasteiger partial charge in [0.25, 0.3) is 5.91 Å². The zero-order valence-electron chi connectivity index (χ0n) is 13.9. The van der Waals surface area contributed by atoms with Crippen LogP contribution in [0.2, 0.25) is 0 Å². The molecule has 144 valence electrons. The molecule has 0 unspecified atom stereocenters. The fourth-order valence-electron chi connectivity index (χ4n) is 2.36. The normalized spacial score (nSPS) is 12.4. The maximum atomic E-state index is 13.7. The molecule has 0 spiro atoms. The Bertz CT molecular complexity index is 851. The molecule has 9 heteroatoms. The van der Waals surface area contributed by atoms with Crippen LogP contribution in [0.3, 0.4) is 0 Å². The minimum atomic E-state index is -4.58. The second-order valence-corrected chi connectivity index (χ2v) is 5.55. The highest BCUT2D eigenvalue weighted by molar-refractivity contribution is 5.97. The summed E-state index contributed by atoms with van der Waals surface area (Å²) in [6.07, 6.45) is -4.91. The van der Waals surface area contributed by atoms with Crippen molar-refractivity contribution >= 4 is 11.9 Å². The number of hydrogen-bond donors (Lipinski definition) is 1. The van der Waals surface area contributed by atoms with Crippen molar-refractivity contribution < 1.29 is 36.3 Å². The number of carbonyl (C=O) groups is 2. The smallest absolute Gasteiger partial charge is 0.416 e. The van der Waals surface area contributed by atoms with Crippen LogP contribution in [0, 0.1) is 11.6 Å². The Kier molecular flexibility index (Phi) is 6.14. The third kappa shape index (κ3) is 5.02. The molecule has 2 rings (SSSR count). The highest BCUT2D eigenvalue weighted by Crippen LogP contribution is 2.29. The van der Waals surface area contributed by atoms with Gasteiger partial charge in [0, 0.05) is 6.42 Å². The van der Waals surface area contributed by atoms with Crippen LogP contribution in [-0.4, -0.2) is 25.0 Å². The van der Waals surface area contributed by atoms with Crippen LogP contribution in [-0.2, 0) is 22.1 Å². The minimum Gasteiger partial charge on any atom is -0.467 e. The molecule has 0 aliphatic heterocycles. The number of nitrogens with one attached hydrogen (secondary N) is 1. The third-order valence-corrected chi connectivity index (χ3v) is 3.68. The van der Waals surface area contributed by atoms with Crippen LogP contribution in [0.1, 0.15) is 21.5 Å². The van der Waals surface area contributed by atoms with E-state index in [1.807, 2.05) is 0 Å². The largest absolute Gasteiger partial charge is 0.467 e. The summed E-state index contributed by atoms with van der Waals surface area (Å²) in [5.41, 5.74) is -1.47. The van der Waals surface area contributed by atoms with Crippen LogP contribution in [0.4, 0.5) is 22.0 Å². The number of hydrogen-bond acceptors (Lipinski definition) is 3. The first-order valence-electron chi connectivity index (χ1n) is 7.62. The third-order valence-electron chi connectivity index (χ3n) is 3.68. The van der Waals surface area contributed by atoms with Gasteiger partial charge in [-0.1, -0.05) is 24.3 Å². The fraction of sp³-hybridized carbons (Fsp3) is 0.222. The molecule has 1 atom stereocenters. The molecule has 4 nitrogen and oxygen atoms in total. The van der Waals surface area contributed by atoms with Crippen LogP contribution in [0.15, 0.2) is 42.5 Å². The number of rotatable bonds is 5. The number of alkyl halides is 3. The average molecular weight is 387 g/mol. The number of ether oxygens (including phenoxy) is 1. The van der Waals surface area contributed by atoms with Gasteiger partial charge in [-0.05, 0) is 23.8 Å². The predicted molar refractivity (Wildman–Crippen MR) is 84.8 cm³/mol. The summed E-state index contributed by atoms with van der Waals surface area (Å²) < 4.78 is 69.9. The molecular formula is C18H14F5NO3. The van der Waals surface area contributed by atoms with Gasteiger partial charge in [0.15, 0.2) is 11.6 Å². The highest BCUT2D eigenvalue weighted by atomic mass is 19.4. The summed E-state index contributed by atoms with van der Waals surface area (Å²) in [5, 5.41) is 2.16. The predicted octanol–water partition coefficient (Wildman–Crippen LogP) is 3.50. The number of halogens is 5. The molecule has 1 amide bonds. The van der Waals surface area contributed by atoms with Gasteiger partial charge in [-0.3, -0.25) is 4.79 Å². The van der Waals surface area contributed by atoms with E-state index >= 15 is 0 Å². The van der Waals surface area contributed by atoms with Crippen molar-refractivity contribution in [2.24, 2.45) is 0 Å². The van der Waals surface area contributed by atoms with E-state index in [9.17, 15) is 31.5 Å². The van der Waals surface area contributed by atoms with Gasteiger partial charge in [0.1, 0.15) is 6.04 Å². The summed E-state index contributed by atoms with van der Waals surface area (Å²) in [6.45, 7) is 0. The monoisotopic (exact) mass is 387 g/mol. The molecule has 0 heterocycles. The van der Waals surface area contributed by atoms with Crippen molar-refractivity contribution in [2.45, 2.75) is 18.6 Å². The maximum Gasteiger partial charge on any atom is 0.416 e. The average Bonchev–Trinajstić information content (AvgIpc) is 2.62. The minimum absolute atomic E-state index is 0.0974. The van der Waals surface area contributed by atoms with E-state index in [1.165, 1.54) is 6.07 Å². The van der Waals surface area contributed by atoms with E-state index in [-0.39, 0.29) is 12.0 Å². The summed E-state index contributed by atoms with van der Waals surface area (Å²) >= 11 is 0. The summed E-state index contributed by atoms with van der Waals surface area (Å²) in [6, 6.07) is 5.70. The van der Waals surface area contributed by atoms with E-state index in [2.05, 4.69) is 10.1 Å². The van der Waals surface area contributed by atoms with E-state index in [0.717, 1.165) is 43.5 Å². The van der Waals surface area contributed by atoms with E-state index < -0.39 is 46.9 Å². The molecule has 0 radical (unpaired) electrons. The Labute approximate surface area is 150 Å². The zero-order chi connectivity index (χ0) is 20.2. The Morgan fingerprint density at radius 2 is 1.78 bits per heavy atom. The van der Waals surface area contributed by atoms with E-state index in [0.29, 0.717) is 0 Å². The molecule has 0 saturated carbocycles. The van der Waals surface area contributed by atoms with Gasteiger partial charge in [-0.15, -0.1) is 0 Å². The van der Waals surface area contributed by atoms with Crippen molar-refractivity contribution in [1.82, 2.24) is 5.32 Å². The molecular weight excluding hydrogens is 373 g/mol. The maximum absolute atomic E-state index is 13.7. The molecule has 0 aliphatic rings. The van der Waals surface area contributed by atoms with Crippen LogP contribution < -0.4 is 5.32 Å². The van der Waals surface area contributed by atoms with Crippen molar-refractivity contribution in [1.29, 1.82) is 0 Å². The van der Waals surface area contributed by atoms with Crippen molar-refractivity contribution in [3.05, 3.63) is 70.8 Å². The lowest BCUT2D eigenvalue weighted by atomic mass is 10.0. The first-order chi connectivity index (χ1) is 12.6. The molecule has 2 aromatic rings. The number of amides is 1. The summed E-state index contributed by atoms with van der Waals surface area (Å²) in [7, 11) is 1.02. The van der Waals surface area contributed by atoms with Crippen molar-refractivity contribution in [3.63, 3.8) is 0 Å². The summed E-state index contributed by atoms with van der Waals surface area (Å²) in [4.78, 5) is 24.0. The molecule has 0 aliphatic carbocycles. The molecule has 0 bridgehead atoms. The SMILES string of the molecule is COC(=O)[C@H](Cc1cccc(C(F)(F)F)c1)NC(=O)c1cccc(F)c1F. The topological polar surface area (TPSA) is 55.4 Å². The Morgan fingerprint density at radius 1 is 1.11 bits per heavy atom. The van der Waals surface area contributed by atoms with Gasteiger partial charge in [-0.2, -0.15) is 13.2 Å². The molecule has 0 aromatic heterocycles. The van der Waals surface area contributed by atoms with Gasteiger partial charge >= 0.3 is 12.1 Å². The van der Waals surface area contributed by atoms with E-state index in [1.54, 1.807) is 0 Å². The second kappa shape index (κ2) is 8.15. The van der Waals surface area contributed by atoms with Gasteiger partial charge < -0.3 is 10.1 Å². The Morgan fingerprint density at radius 3 is 2.41 bits per heavy atom. The first kappa shape index (κ1) is 20.3. The zero-order valence-corrected chi connectivity index (χ0v) is 13.9. The molecule has 2 aromatic carbocycles. The highest BCUT2D eigenvalue weighted by Gasteiger charge is 2.31. The van der Waals surface area contributed by atoms with Gasteiger partial charge in [-0.25, -0.2) is 13.6 Å². The van der Waals surface area contributed by atoms with Crippen molar-refractivity contribution in [3.8, 4) is 0 Å². The molecule has 0 fully saturated rings. The Balaban J connectivity index is 2.25. The number of carbonyl (C=O) groups excluding carboxylic acids is 2. The van der Waals surface area contributed by atoms with Crippen LogP contribution in [0.5, 0.6) is 0 Å². The molecule has 27 heavy (non-hydrogen) atoms. The van der Waals surface area contributed by atoms with Gasteiger partial charge in [0.2, 0.25) is 0 Å². The van der Waals surface area contributed by atoms with Crippen molar-refractivity contribution in [2.75, 3.05) is 7.11 Å². The lowest BCUT2D eigenvalue weighted by molar-refractivity contribution is -0.142. The second-order valence-electron chi connectivity index (χ2n) is 5.55. The number of methoxy groups -OCH3 is 1. The van der Waals surface area contributed by atoms with E-state index in [4.69, 9.17) is 0 Å². The van der Waals surface area contributed by atoms with Crippen LogP contribution in [0.25, 0.3) is 0 Å². The summed E-state index contributed by atoms with van der Waals surface area (Å²) in [5.74, 6) is -4.71.